The van der Waals surface area contributed by atoms with Crippen LogP contribution >= 0.6 is 11.6 Å². The Morgan fingerprint density at radius 1 is 1.07 bits per heavy atom. The van der Waals surface area contributed by atoms with Crippen LogP contribution in [0.2, 0.25) is 5.02 Å². The van der Waals surface area contributed by atoms with Crippen LogP contribution < -0.4 is 21.3 Å². The van der Waals surface area contributed by atoms with E-state index < -0.39 is 47.4 Å². The van der Waals surface area contributed by atoms with Gasteiger partial charge in [-0.05, 0) is 57.1 Å². The van der Waals surface area contributed by atoms with Gasteiger partial charge in [0.2, 0.25) is 17.6 Å². The Balaban J connectivity index is 1.40. The predicted molar refractivity (Wildman–Crippen MR) is 172 cm³/mol. The molecule has 0 radical (unpaired) electrons. The summed E-state index contributed by atoms with van der Waals surface area (Å²) in [4.78, 5) is 74.6. The highest BCUT2D eigenvalue weighted by Gasteiger charge is 2.55. The van der Waals surface area contributed by atoms with E-state index >= 15 is 0 Å². The van der Waals surface area contributed by atoms with Gasteiger partial charge in [-0.15, -0.1) is 0 Å². The van der Waals surface area contributed by atoms with Crippen LogP contribution in [0.15, 0.2) is 29.4 Å². The first kappa shape index (κ1) is 33.7. The summed E-state index contributed by atoms with van der Waals surface area (Å²) in [6, 6.07) is 3.91. The van der Waals surface area contributed by atoms with Crippen LogP contribution in [0.25, 0.3) is 0 Å². The zero-order valence-electron chi connectivity index (χ0n) is 26.6. The van der Waals surface area contributed by atoms with Gasteiger partial charge < -0.3 is 31.0 Å². The Morgan fingerprint density at radius 2 is 1.83 bits per heavy atom. The number of hydrogen-bond acceptors (Lipinski definition) is 7. The number of nitrogens with one attached hydrogen (secondary N) is 4. The molecule has 12 nitrogen and oxygen atoms in total. The quantitative estimate of drug-likeness (QED) is 0.253. The molecule has 1 unspecified atom stereocenters. The van der Waals surface area contributed by atoms with E-state index in [0.717, 1.165) is 50.5 Å². The lowest BCUT2D eigenvalue weighted by molar-refractivity contribution is -0.143. The maximum absolute atomic E-state index is 14.5. The molecular formula is C33H45ClN6O6. The Labute approximate surface area is 274 Å². The van der Waals surface area contributed by atoms with E-state index in [1.54, 1.807) is 19.1 Å². The number of urea groups is 1. The van der Waals surface area contributed by atoms with Crippen LogP contribution in [0.5, 0.6) is 0 Å². The molecule has 13 heteroatoms. The summed E-state index contributed by atoms with van der Waals surface area (Å²) in [7, 11) is 0. The van der Waals surface area contributed by atoms with Crippen molar-refractivity contribution in [3.63, 3.8) is 0 Å². The van der Waals surface area contributed by atoms with Gasteiger partial charge in [-0.2, -0.15) is 0 Å². The molecule has 250 valence electrons. The van der Waals surface area contributed by atoms with E-state index in [1.807, 2.05) is 19.1 Å². The van der Waals surface area contributed by atoms with Crippen molar-refractivity contribution < 1.29 is 28.8 Å². The van der Waals surface area contributed by atoms with Crippen molar-refractivity contribution in [1.82, 2.24) is 26.2 Å². The van der Waals surface area contributed by atoms with Crippen LogP contribution in [-0.2, 0) is 24.0 Å². The van der Waals surface area contributed by atoms with E-state index in [4.69, 9.17) is 16.4 Å². The summed E-state index contributed by atoms with van der Waals surface area (Å²) in [5, 5.41) is 16.0. The molecule has 0 bridgehead atoms. The Bertz CT molecular complexity index is 1360. The first-order chi connectivity index (χ1) is 22.1. The molecule has 2 heterocycles. The molecule has 1 aromatic rings. The highest BCUT2D eigenvalue weighted by atomic mass is 35.5. The molecule has 5 rings (SSSR count). The van der Waals surface area contributed by atoms with Crippen molar-refractivity contribution in [3.8, 4) is 0 Å². The average Bonchev–Trinajstić information content (AvgIpc) is 3.64. The first-order valence-electron chi connectivity index (χ1n) is 16.6. The summed E-state index contributed by atoms with van der Waals surface area (Å²) in [5.74, 6) is -2.42. The SMILES string of the molecule is CCC[C@H](NC(=O)[C@@H]1CC2(CC(c3cccc(Cl)c3)=NO2)CN1C(=O)[C@@H](NC(=O)NCC)C1CCCCC1)C(=O)C(=O)NC1CC1. The number of Topliss-reactive ketones (excluding diaryl/α,β-unsaturated/α-hetero) is 1. The molecule has 4 aliphatic rings. The van der Waals surface area contributed by atoms with Crippen molar-refractivity contribution in [2.24, 2.45) is 11.1 Å². The lowest BCUT2D eigenvalue weighted by Crippen LogP contribution is -2.59. The third kappa shape index (κ3) is 8.00. The number of rotatable bonds is 12. The number of carbonyl (C=O) groups is 5. The van der Waals surface area contributed by atoms with E-state index in [1.165, 1.54) is 4.90 Å². The van der Waals surface area contributed by atoms with Gasteiger partial charge in [0.15, 0.2) is 5.60 Å². The number of hydrogen-bond donors (Lipinski definition) is 4. The molecule has 1 aromatic carbocycles. The van der Waals surface area contributed by atoms with E-state index in [2.05, 4.69) is 26.4 Å². The Kier molecular flexibility index (Phi) is 10.9. The summed E-state index contributed by atoms with van der Waals surface area (Å²) >= 11 is 6.23. The number of benzene rings is 1. The maximum Gasteiger partial charge on any atom is 0.315 e. The number of carbonyl (C=O) groups excluding carboxylic acids is 5. The standard InChI is InChI=1S/C33H45ClN6O6/c1-3-9-24(28(41)30(43)36-23-14-15-23)37-29(42)26-18-33(17-25(39-46-33)21-12-8-13-22(34)16-21)19-40(26)31(44)27(38-32(45)35-4-2)20-10-6-5-7-11-20/h8,12-13,16,20,23-24,26-27H,3-7,9-11,14-15,17-19H2,1-2H3,(H,36,43)(H,37,42)(H2,35,38,45)/t24-,26-,27-,33?/m0/s1. The minimum Gasteiger partial charge on any atom is -0.387 e. The van der Waals surface area contributed by atoms with Gasteiger partial charge in [0.25, 0.3) is 5.91 Å². The molecule has 2 saturated carbocycles. The largest absolute Gasteiger partial charge is 0.387 e. The van der Waals surface area contributed by atoms with Crippen LogP contribution in [0.3, 0.4) is 0 Å². The van der Waals surface area contributed by atoms with Crippen molar-refractivity contribution in [2.45, 2.75) is 114 Å². The smallest absolute Gasteiger partial charge is 0.315 e. The van der Waals surface area contributed by atoms with Gasteiger partial charge in [0.1, 0.15) is 12.1 Å². The highest BCUT2D eigenvalue weighted by Crippen LogP contribution is 2.40. The molecule has 5 amide bonds. The lowest BCUT2D eigenvalue weighted by Gasteiger charge is -2.34. The molecule has 2 aliphatic carbocycles. The molecule has 1 saturated heterocycles. The van der Waals surface area contributed by atoms with Gasteiger partial charge in [0, 0.05) is 36.0 Å². The van der Waals surface area contributed by atoms with Gasteiger partial charge in [-0.1, -0.05) is 61.5 Å². The lowest BCUT2D eigenvalue weighted by atomic mass is 9.83. The van der Waals surface area contributed by atoms with Crippen LogP contribution in [0.1, 0.15) is 90.0 Å². The van der Waals surface area contributed by atoms with Crippen molar-refractivity contribution in [2.75, 3.05) is 13.1 Å². The summed E-state index contributed by atoms with van der Waals surface area (Å²) < 4.78 is 0. The molecule has 1 spiro atoms. The summed E-state index contributed by atoms with van der Waals surface area (Å²) in [6.07, 6.45) is 7.47. The summed E-state index contributed by atoms with van der Waals surface area (Å²) in [5.41, 5.74) is 0.436. The average molecular weight is 657 g/mol. The normalized spacial score (nSPS) is 24.0. The second-order valence-electron chi connectivity index (χ2n) is 13.0. The Morgan fingerprint density at radius 3 is 2.50 bits per heavy atom. The van der Waals surface area contributed by atoms with Crippen molar-refractivity contribution in [3.05, 3.63) is 34.9 Å². The first-order valence-corrected chi connectivity index (χ1v) is 17.0. The van der Waals surface area contributed by atoms with Crippen molar-refractivity contribution >= 4 is 46.8 Å². The number of likely N-dealkylation sites (tertiary alicyclic amines) is 1. The second-order valence-corrected chi connectivity index (χ2v) is 13.5. The number of halogens is 1. The highest BCUT2D eigenvalue weighted by molar-refractivity contribution is 6.38. The minimum atomic E-state index is -1.03. The topological polar surface area (TPSA) is 158 Å². The second kappa shape index (κ2) is 14.8. The Hall–Kier alpha value is -3.67. The summed E-state index contributed by atoms with van der Waals surface area (Å²) in [6.45, 7) is 4.13. The van der Waals surface area contributed by atoms with Crippen LogP contribution in [0.4, 0.5) is 4.79 Å². The molecule has 4 N–H and O–H groups in total. The fourth-order valence-corrected chi connectivity index (χ4v) is 6.99. The predicted octanol–water partition coefficient (Wildman–Crippen LogP) is 3.20. The zero-order valence-corrected chi connectivity index (χ0v) is 27.4. The molecule has 46 heavy (non-hydrogen) atoms. The zero-order chi connectivity index (χ0) is 32.8. The fraction of sp³-hybridized carbons (Fsp3) is 0.636. The monoisotopic (exact) mass is 656 g/mol. The van der Waals surface area contributed by atoms with Crippen LogP contribution in [-0.4, -0.2) is 83.0 Å². The third-order valence-electron chi connectivity index (χ3n) is 9.34. The van der Waals surface area contributed by atoms with E-state index in [-0.39, 0.29) is 37.3 Å². The third-order valence-corrected chi connectivity index (χ3v) is 9.58. The number of nitrogens with zero attached hydrogens (tertiary/aromatic N) is 2. The van der Waals surface area contributed by atoms with Gasteiger partial charge in [0.05, 0.1) is 18.3 Å². The van der Waals surface area contributed by atoms with Gasteiger partial charge in [-0.25, -0.2) is 4.79 Å². The van der Waals surface area contributed by atoms with Gasteiger partial charge in [-0.3, -0.25) is 19.2 Å². The number of amides is 5. The van der Waals surface area contributed by atoms with Crippen LogP contribution in [0, 0.1) is 5.92 Å². The number of ketones is 1. The number of oxime groups is 1. The minimum absolute atomic E-state index is 0.000400. The van der Waals surface area contributed by atoms with Crippen molar-refractivity contribution in [1.29, 1.82) is 0 Å². The molecule has 4 atom stereocenters. The molecular weight excluding hydrogens is 612 g/mol. The molecule has 2 aliphatic heterocycles. The van der Waals surface area contributed by atoms with E-state index in [9.17, 15) is 24.0 Å². The maximum atomic E-state index is 14.5. The van der Waals surface area contributed by atoms with Gasteiger partial charge >= 0.3 is 6.03 Å². The molecule has 3 fully saturated rings. The van der Waals surface area contributed by atoms with E-state index in [0.29, 0.717) is 30.1 Å². The molecule has 0 aromatic heterocycles. The fourth-order valence-electron chi connectivity index (χ4n) is 6.80.